The summed E-state index contributed by atoms with van der Waals surface area (Å²) in [5.74, 6) is -2.63. The van der Waals surface area contributed by atoms with Gasteiger partial charge in [-0.25, -0.2) is 0 Å². The van der Waals surface area contributed by atoms with Gasteiger partial charge in [-0.2, -0.15) is 0 Å². The lowest BCUT2D eigenvalue weighted by atomic mass is 9.62. The fraction of sp³-hybridized carbons (Fsp3) is 0.773. The third-order valence-electron chi connectivity index (χ3n) is 7.16. The van der Waals surface area contributed by atoms with Gasteiger partial charge in [-0.15, -0.1) is 6.58 Å². The highest BCUT2D eigenvalue weighted by Gasteiger charge is 2.80. The molecule has 0 aliphatic carbocycles. The molecular weight excluding hydrogens is 388 g/mol. The van der Waals surface area contributed by atoms with Crippen molar-refractivity contribution in [3.05, 3.63) is 12.7 Å². The topological polar surface area (TPSA) is 96.4 Å². The minimum absolute atomic E-state index is 0.0114. The Balaban J connectivity index is 2.11. The van der Waals surface area contributed by atoms with Gasteiger partial charge in [-0.05, 0) is 40.0 Å². The van der Waals surface area contributed by atoms with E-state index < -0.39 is 35.0 Å². The van der Waals surface area contributed by atoms with Gasteiger partial charge >= 0.3 is 5.97 Å². The van der Waals surface area contributed by atoms with E-state index in [4.69, 9.17) is 9.47 Å². The molecule has 0 saturated carbocycles. The van der Waals surface area contributed by atoms with Crippen LogP contribution in [0.25, 0.3) is 0 Å². The predicted octanol–water partition coefficient (Wildman–Crippen LogP) is 0.976. The number of hydrogen-bond acceptors (Lipinski definition) is 6. The Morgan fingerprint density at radius 2 is 2.13 bits per heavy atom. The zero-order chi connectivity index (χ0) is 22.4. The van der Waals surface area contributed by atoms with Crippen LogP contribution in [0, 0.1) is 17.8 Å². The van der Waals surface area contributed by atoms with Crippen LogP contribution in [0.4, 0.5) is 0 Å². The Hall–Kier alpha value is -1.93. The molecule has 3 unspecified atom stereocenters. The number of carbonyl (C=O) groups excluding carboxylic acids is 3. The van der Waals surface area contributed by atoms with Crippen molar-refractivity contribution in [2.75, 3.05) is 26.3 Å². The van der Waals surface area contributed by atoms with Crippen LogP contribution >= 0.6 is 0 Å². The molecule has 30 heavy (non-hydrogen) atoms. The first-order chi connectivity index (χ1) is 14.1. The maximum Gasteiger partial charge on any atom is 0.312 e. The van der Waals surface area contributed by atoms with Crippen molar-refractivity contribution in [1.29, 1.82) is 0 Å². The number of fused-ring (bicyclic) bond motifs is 1. The smallest absolute Gasteiger partial charge is 0.312 e. The van der Waals surface area contributed by atoms with Gasteiger partial charge in [0, 0.05) is 19.1 Å². The molecule has 8 heteroatoms. The van der Waals surface area contributed by atoms with E-state index in [1.165, 1.54) is 4.90 Å². The van der Waals surface area contributed by atoms with Gasteiger partial charge in [0.05, 0.1) is 24.7 Å². The fourth-order valence-electron chi connectivity index (χ4n) is 5.81. The first-order valence-electron chi connectivity index (χ1n) is 10.8. The van der Waals surface area contributed by atoms with Gasteiger partial charge in [-0.3, -0.25) is 14.4 Å². The second-order valence-corrected chi connectivity index (χ2v) is 9.08. The van der Waals surface area contributed by atoms with Gasteiger partial charge in [0.1, 0.15) is 17.6 Å². The minimum Gasteiger partial charge on any atom is -0.466 e. The van der Waals surface area contributed by atoms with Crippen molar-refractivity contribution in [1.82, 2.24) is 9.80 Å². The molecule has 3 aliphatic heterocycles. The number of carbonyl (C=O) groups is 3. The van der Waals surface area contributed by atoms with Crippen LogP contribution in [0.1, 0.15) is 41.0 Å². The molecule has 0 radical (unpaired) electrons. The number of likely N-dealkylation sites (tertiary alicyclic amines) is 1. The van der Waals surface area contributed by atoms with Gasteiger partial charge in [0.2, 0.25) is 11.8 Å². The molecule has 3 rings (SSSR count). The SMILES string of the molecule is C=CCN(C(=O)C1N(CCO)C(=O)[C@@H]2[C@H](C(=O)OCC)[C@@]3(C)OC12CC3C)C(C)C. The van der Waals surface area contributed by atoms with Crippen LogP contribution < -0.4 is 0 Å². The highest BCUT2D eigenvalue weighted by atomic mass is 16.6. The van der Waals surface area contributed by atoms with Gasteiger partial charge in [0.25, 0.3) is 0 Å². The zero-order valence-corrected chi connectivity index (χ0v) is 18.6. The van der Waals surface area contributed by atoms with E-state index in [0.29, 0.717) is 13.0 Å². The lowest BCUT2D eigenvalue weighted by Gasteiger charge is -2.38. The van der Waals surface area contributed by atoms with Crippen molar-refractivity contribution in [3.63, 3.8) is 0 Å². The molecule has 3 heterocycles. The van der Waals surface area contributed by atoms with Crippen LogP contribution in [-0.4, -0.2) is 82.3 Å². The lowest BCUT2D eigenvalue weighted by Crippen LogP contribution is -2.58. The number of nitrogens with zero attached hydrogens (tertiary/aromatic N) is 2. The maximum absolute atomic E-state index is 13.8. The van der Waals surface area contributed by atoms with Gasteiger partial charge in [-0.1, -0.05) is 13.0 Å². The number of aliphatic hydroxyl groups is 1. The van der Waals surface area contributed by atoms with Crippen LogP contribution in [0.15, 0.2) is 12.7 Å². The number of aliphatic hydroxyl groups excluding tert-OH is 1. The first-order valence-corrected chi connectivity index (χ1v) is 10.8. The second kappa shape index (κ2) is 7.96. The van der Waals surface area contributed by atoms with E-state index >= 15 is 0 Å². The highest BCUT2D eigenvalue weighted by molar-refractivity contribution is 5.98. The Kier molecular flexibility index (Phi) is 6.04. The van der Waals surface area contributed by atoms with Crippen LogP contribution in [0.2, 0.25) is 0 Å². The molecule has 3 saturated heterocycles. The van der Waals surface area contributed by atoms with Crippen LogP contribution in [0.5, 0.6) is 0 Å². The number of esters is 1. The molecule has 0 aromatic heterocycles. The molecule has 1 spiro atoms. The third kappa shape index (κ3) is 2.99. The number of hydrogen-bond donors (Lipinski definition) is 1. The maximum atomic E-state index is 13.8. The van der Waals surface area contributed by atoms with Crippen LogP contribution in [-0.2, 0) is 23.9 Å². The minimum atomic E-state index is -1.11. The third-order valence-corrected chi connectivity index (χ3v) is 7.16. The summed E-state index contributed by atoms with van der Waals surface area (Å²) in [6.07, 6.45) is 2.15. The van der Waals surface area contributed by atoms with Crippen LogP contribution in [0.3, 0.4) is 0 Å². The Labute approximate surface area is 178 Å². The summed E-state index contributed by atoms with van der Waals surface area (Å²) >= 11 is 0. The summed E-state index contributed by atoms with van der Waals surface area (Å²) < 4.78 is 11.8. The summed E-state index contributed by atoms with van der Waals surface area (Å²) in [4.78, 5) is 43.3. The van der Waals surface area contributed by atoms with Gasteiger partial charge < -0.3 is 24.4 Å². The van der Waals surface area contributed by atoms with E-state index in [9.17, 15) is 19.5 Å². The Morgan fingerprint density at radius 3 is 2.67 bits per heavy atom. The molecule has 2 amide bonds. The Bertz CT molecular complexity index is 739. The number of ether oxygens (including phenoxy) is 2. The standard InChI is InChI=1S/C22H34N2O6/c1-7-9-23(13(3)4)19(27)17-22-12-14(5)21(6,30-22)16(20(28)29-8-2)15(22)18(26)24(17)10-11-25/h7,13-17,25H,1,8-12H2,2-6H3/t14?,15-,16+,17?,21-,22?/m0/s1. The molecular formula is C22H34N2O6. The van der Waals surface area contributed by atoms with E-state index in [1.807, 2.05) is 27.7 Å². The highest BCUT2D eigenvalue weighted by Crippen LogP contribution is 2.65. The van der Waals surface area contributed by atoms with E-state index in [0.717, 1.165) is 0 Å². The predicted molar refractivity (Wildman–Crippen MR) is 109 cm³/mol. The van der Waals surface area contributed by atoms with Crippen molar-refractivity contribution in [2.24, 2.45) is 17.8 Å². The molecule has 0 aromatic carbocycles. The van der Waals surface area contributed by atoms with Gasteiger partial charge in [0.15, 0.2) is 0 Å². The first kappa shape index (κ1) is 22.7. The summed E-state index contributed by atoms with van der Waals surface area (Å²) in [5, 5.41) is 9.62. The fourth-order valence-corrected chi connectivity index (χ4v) is 5.81. The molecule has 6 atom stereocenters. The van der Waals surface area contributed by atoms with Crippen molar-refractivity contribution < 1.29 is 29.0 Å². The molecule has 168 valence electrons. The summed E-state index contributed by atoms with van der Waals surface area (Å²) in [7, 11) is 0. The zero-order valence-electron chi connectivity index (χ0n) is 18.6. The Morgan fingerprint density at radius 1 is 1.47 bits per heavy atom. The number of rotatable bonds is 8. The average molecular weight is 423 g/mol. The van der Waals surface area contributed by atoms with E-state index in [-0.39, 0.29) is 43.5 Å². The molecule has 8 nitrogen and oxygen atoms in total. The van der Waals surface area contributed by atoms with E-state index in [1.54, 1.807) is 17.9 Å². The number of β-amino-alcohol motifs (C(OH)–C–C–N with tert-alkyl or cyclic N) is 1. The summed E-state index contributed by atoms with van der Waals surface area (Å²) in [6, 6.07) is -1.00. The quantitative estimate of drug-likeness (QED) is 0.463. The monoisotopic (exact) mass is 422 g/mol. The molecule has 3 fully saturated rings. The number of amides is 2. The normalized spacial score (nSPS) is 36.9. The van der Waals surface area contributed by atoms with Crippen molar-refractivity contribution in [2.45, 2.75) is 64.3 Å². The largest absolute Gasteiger partial charge is 0.466 e. The van der Waals surface area contributed by atoms with Crippen molar-refractivity contribution in [3.8, 4) is 0 Å². The summed E-state index contributed by atoms with van der Waals surface area (Å²) in [5.41, 5.74) is -1.99. The molecule has 3 aliphatic rings. The van der Waals surface area contributed by atoms with E-state index in [2.05, 4.69) is 6.58 Å². The molecule has 0 aromatic rings. The average Bonchev–Trinajstić information content (AvgIpc) is 3.17. The molecule has 2 bridgehead atoms. The second-order valence-electron chi connectivity index (χ2n) is 9.08. The van der Waals surface area contributed by atoms with Crippen molar-refractivity contribution >= 4 is 17.8 Å². The lowest BCUT2D eigenvalue weighted by molar-refractivity contribution is -0.162. The molecule has 1 N–H and O–H groups in total. The summed E-state index contributed by atoms with van der Waals surface area (Å²) in [6.45, 7) is 13.4.